The molecule has 5 nitrogen and oxygen atoms in total. The quantitative estimate of drug-likeness (QED) is 0.526. The van der Waals surface area contributed by atoms with Crippen molar-refractivity contribution in [3.8, 4) is 0 Å². The van der Waals surface area contributed by atoms with Crippen molar-refractivity contribution in [1.82, 2.24) is 0 Å². The zero-order valence-electron chi connectivity index (χ0n) is 14.1. The third-order valence-corrected chi connectivity index (χ3v) is 4.51. The predicted molar refractivity (Wildman–Crippen MR) is 89.5 cm³/mol. The first-order valence-electron chi connectivity index (χ1n) is 9.01. The van der Waals surface area contributed by atoms with Gasteiger partial charge in [-0.05, 0) is 37.7 Å². The van der Waals surface area contributed by atoms with E-state index in [0.717, 1.165) is 31.4 Å². The van der Waals surface area contributed by atoms with Gasteiger partial charge in [-0.2, -0.15) is 0 Å². The van der Waals surface area contributed by atoms with Gasteiger partial charge in [-0.1, -0.05) is 30.3 Å². The summed E-state index contributed by atoms with van der Waals surface area (Å²) in [5.41, 5.74) is 1.15. The highest BCUT2D eigenvalue weighted by Gasteiger charge is 2.43. The van der Waals surface area contributed by atoms with Gasteiger partial charge in [0.1, 0.15) is 6.10 Å². The van der Waals surface area contributed by atoms with Gasteiger partial charge in [0.2, 0.25) is 0 Å². The maximum Gasteiger partial charge on any atom is 0.157 e. The van der Waals surface area contributed by atoms with Crippen LogP contribution in [0.1, 0.15) is 37.7 Å². The number of aliphatic hydroxyl groups is 1. The Kier molecular flexibility index (Phi) is 7.05. The molecule has 1 N–H and O–H groups in total. The van der Waals surface area contributed by atoms with E-state index in [9.17, 15) is 5.11 Å². The van der Waals surface area contributed by atoms with E-state index < -0.39 is 6.10 Å². The van der Waals surface area contributed by atoms with Crippen molar-refractivity contribution >= 4 is 0 Å². The van der Waals surface area contributed by atoms with E-state index >= 15 is 0 Å². The second-order valence-electron chi connectivity index (χ2n) is 6.49. The Morgan fingerprint density at radius 3 is 2.83 bits per heavy atom. The van der Waals surface area contributed by atoms with Gasteiger partial charge in [0.15, 0.2) is 6.29 Å². The van der Waals surface area contributed by atoms with Crippen molar-refractivity contribution in [1.29, 1.82) is 0 Å². The lowest BCUT2D eigenvalue weighted by Gasteiger charge is -2.22. The van der Waals surface area contributed by atoms with Crippen LogP contribution in [0.4, 0.5) is 0 Å². The van der Waals surface area contributed by atoms with Crippen LogP contribution in [0.5, 0.6) is 0 Å². The third-order valence-electron chi connectivity index (χ3n) is 4.51. The highest BCUT2D eigenvalue weighted by molar-refractivity contribution is 5.13. The van der Waals surface area contributed by atoms with Crippen LogP contribution in [-0.4, -0.2) is 49.5 Å². The molecular formula is C19H28O5. The van der Waals surface area contributed by atoms with E-state index in [-0.39, 0.29) is 18.5 Å². The zero-order chi connectivity index (χ0) is 16.6. The van der Waals surface area contributed by atoms with Crippen molar-refractivity contribution in [3.63, 3.8) is 0 Å². The molecule has 0 saturated carbocycles. The first-order valence-corrected chi connectivity index (χ1v) is 9.01. The Morgan fingerprint density at radius 2 is 2.04 bits per heavy atom. The molecular weight excluding hydrogens is 308 g/mol. The molecule has 4 atom stereocenters. The van der Waals surface area contributed by atoms with E-state index in [1.807, 2.05) is 30.3 Å². The van der Waals surface area contributed by atoms with E-state index in [1.54, 1.807) is 0 Å². The van der Waals surface area contributed by atoms with Gasteiger partial charge in [0.25, 0.3) is 0 Å². The van der Waals surface area contributed by atoms with Crippen LogP contribution >= 0.6 is 0 Å². The Hall–Kier alpha value is -0.980. The topological polar surface area (TPSA) is 60.5 Å². The summed E-state index contributed by atoms with van der Waals surface area (Å²) in [5, 5.41) is 10.1. The summed E-state index contributed by atoms with van der Waals surface area (Å²) in [4.78, 5) is 0. The first kappa shape index (κ1) is 17.8. The Morgan fingerprint density at radius 1 is 1.17 bits per heavy atom. The summed E-state index contributed by atoms with van der Waals surface area (Å²) in [6.07, 6.45) is 4.23. The van der Waals surface area contributed by atoms with Gasteiger partial charge in [0, 0.05) is 13.2 Å². The van der Waals surface area contributed by atoms with Crippen LogP contribution in [0.15, 0.2) is 30.3 Å². The zero-order valence-corrected chi connectivity index (χ0v) is 14.1. The van der Waals surface area contributed by atoms with E-state index in [0.29, 0.717) is 26.2 Å². The summed E-state index contributed by atoms with van der Waals surface area (Å²) >= 11 is 0. The van der Waals surface area contributed by atoms with Gasteiger partial charge < -0.3 is 24.1 Å². The minimum Gasteiger partial charge on any atom is -0.390 e. The monoisotopic (exact) mass is 336 g/mol. The molecule has 0 amide bonds. The number of hydrogen-bond acceptors (Lipinski definition) is 5. The van der Waals surface area contributed by atoms with Gasteiger partial charge >= 0.3 is 0 Å². The van der Waals surface area contributed by atoms with Gasteiger partial charge in [-0.25, -0.2) is 0 Å². The highest BCUT2D eigenvalue weighted by atomic mass is 16.7. The standard InChI is InChI=1S/C19H28O5/c20-16(9-12-21-14-15-6-2-1-3-7-15)19-17(24-19)10-13-23-18-8-4-5-11-22-18/h1-3,6-7,16-20H,4-5,8-14H2/t16-,17-,18?,19-/m0/s1. The molecule has 0 aromatic heterocycles. The first-order chi connectivity index (χ1) is 11.8. The fraction of sp³-hybridized carbons (Fsp3) is 0.684. The molecule has 2 fully saturated rings. The van der Waals surface area contributed by atoms with Crippen LogP contribution in [0.3, 0.4) is 0 Å². The lowest BCUT2D eigenvalue weighted by atomic mass is 10.1. The van der Waals surface area contributed by atoms with Gasteiger partial charge in [0.05, 0.1) is 25.4 Å². The molecule has 0 bridgehead atoms. The summed E-state index contributed by atoms with van der Waals surface area (Å²) in [6.45, 7) is 2.55. The number of epoxide rings is 1. The van der Waals surface area contributed by atoms with Crippen molar-refractivity contribution < 1.29 is 24.1 Å². The van der Waals surface area contributed by atoms with Crippen molar-refractivity contribution in [2.45, 2.75) is 63.3 Å². The molecule has 1 unspecified atom stereocenters. The molecule has 2 aliphatic heterocycles. The number of rotatable bonds is 10. The predicted octanol–water partition coefficient (Wildman–Crippen LogP) is 2.65. The number of hydrogen-bond donors (Lipinski definition) is 1. The summed E-state index contributed by atoms with van der Waals surface area (Å²) in [6, 6.07) is 10.0. The van der Waals surface area contributed by atoms with Gasteiger partial charge in [-0.15, -0.1) is 0 Å². The van der Waals surface area contributed by atoms with Crippen molar-refractivity contribution in [3.05, 3.63) is 35.9 Å². The molecule has 0 spiro atoms. The minimum absolute atomic E-state index is 0.0488. The van der Waals surface area contributed by atoms with E-state index in [1.165, 1.54) is 6.42 Å². The lowest BCUT2D eigenvalue weighted by molar-refractivity contribution is -0.163. The largest absolute Gasteiger partial charge is 0.390 e. The lowest BCUT2D eigenvalue weighted by Crippen LogP contribution is -2.24. The van der Waals surface area contributed by atoms with Gasteiger partial charge in [-0.3, -0.25) is 0 Å². The molecule has 1 aromatic carbocycles. The van der Waals surface area contributed by atoms with Crippen LogP contribution in [0.25, 0.3) is 0 Å². The van der Waals surface area contributed by atoms with Crippen LogP contribution in [0, 0.1) is 0 Å². The fourth-order valence-electron chi connectivity index (χ4n) is 3.02. The molecule has 24 heavy (non-hydrogen) atoms. The van der Waals surface area contributed by atoms with E-state index in [4.69, 9.17) is 18.9 Å². The molecule has 2 heterocycles. The highest BCUT2D eigenvalue weighted by Crippen LogP contribution is 2.30. The molecule has 0 aliphatic carbocycles. The number of ether oxygens (including phenoxy) is 4. The third kappa shape index (κ3) is 5.83. The Balaban J connectivity index is 1.21. The molecule has 2 aliphatic rings. The smallest absolute Gasteiger partial charge is 0.157 e. The average molecular weight is 336 g/mol. The molecule has 3 rings (SSSR count). The average Bonchev–Trinajstić information content (AvgIpc) is 3.40. The minimum atomic E-state index is -0.461. The molecule has 5 heteroatoms. The number of aliphatic hydroxyl groups excluding tert-OH is 1. The second-order valence-corrected chi connectivity index (χ2v) is 6.49. The Bertz CT molecular complexity index is 460. The summed E-state index contributed by atoms with van der Waals surface area (Å²) in [5.74, 6) is 0. The molecule has 1 aromatic rings. The summed E-state index contributed by atoms with van der Waals surface area (Å²) in [7, 11) is 0. The molecule has 2 saturated heterocycles. The van der Waals surface area contributed by atoms with Crippen LogP contribution in [-0.2, 0) is 25.6 Å². The SMILES string of the molecule is O[C@@H](CCOCc1ccccc1)[C@@H]1O[C@H]1CCOC1CCCCO1. The Labute approximate surface area is 143 Å². The molecule has 0 radical (unpaired) electrons. The second kappa shape index (κ2) is 9.49. The normalized spacial score (nSPS) is 27.8. The maximum atomic E-state index is 10.1. The van der Waals surface area contributed by atoms with Crippen molar-refractivity contribution in [2.75, 3.05) is 19.8 Å². The van der Waals surface area contributed by atoms with Crippen LogP contribution in [0.2, 0.25) is 0 Å². The van der Waals surface area contributed by atoms with Crippen molar-refractivity contribution in [2.24, 2.45) is 0 Å². The summed E-state index contributed by atoms with van der Waals surface area (Å²) < 4.78 is 22.4. The maximum absolute atomic E-state index is 10.1. The van der Waals surface area contributed by atoms with Crippen LogP contribution < -0.4 is 0 Å². The fourth-order valence-corrected chi connectivity index (χ4v) is 3.02. The number of benzene rings is 1. The van der Waals surface area contributed by atoms with E-state index in [2.05, 4.69) is 0 Å². The molecule has 134 valence electrons.